The van der Waals surface area contributed by atoms with Crippen LogP contribution in [-0.4, -0.2) is 28.6 Å². The predicted molar refractivity (Wildman–Crippen MR) is 74.1 cm³/mol. The summed E-state index contributed by atoms with van der Waals surface area (Å²) in [4.78, 5) is 0. The number of hydrogen-bond acceptors (Lipinski definition) is 2. The van der Waals surface area contributed by atoms with Crippen LogP contribution in [0.25, 0.3) is 0 Å². The van der Waals surface area contributed by atoms with Crippen LogP contribution in [0.5, 0.6) is 0 Å². The second kappa shape index (κ2) is 5.61. The summed E-state index contributed by atoms with van der Waals surface area (Å²) in [7, 11) is 0. The highest BCUT2D eigenvalue weighted by Gasteiger charge is 2.57. The predicted octanol–water partition coefficient (Wildman–Crippen LogP) is 3.35. The monoisotopic (exact) mass is 302 g/mol. The smallest absolute Gasteiger partial charge is 0.393 e. The van der Waals surface area contributed by atoms with E-state index in [-0.39, 0.29) is 0 Å². The summed E-state index contributed by atoms with van der Waals surface area (Å²) in [6, 6.07) is 7.49. The van der Waals surface area contributed by atoms with Crippen molar-refractivity contribution in [1.29, 1.82) is 0 Å². The zero-order valence-corrected chi connectivity index (χ0v) is 12.1. The second-order valence-corrected chi connectivity index (χ2v) is 6.01. The minimum atomic E-state index is -4.84. The van der Waals surface area contributed by atoms with Crippen LogP contribution in [0.1, 0.15) is 43.7 Å². The number of rotatable bonds is 4. The van der Waals surface area contributed by atoms with Crippen molar-refractivity contribution in [2.45, 2.75) is 56.2 Å². The molecule has 1 aromatic carbocycles. The molecule has 5 heteroatoms. The van der Waals surface area contributed by atoms with Gasteiger partial charge in [0.1, 0.15) is 0 Å². The normalized spacial score (nSPS) is 25.2. The molecule has 21 heavy (non-hydrogen) atoms. The molecule has 2 nitrogen and oxygen atoms in total. The molecule has 2 atom stereocenters. The van der Waals surface area contributed by atoms with Gasteiger partial charge in [-0.1, -0.05) is 31.2 Å². The zero-order valence-electron chi connectivity index (χ0n) is 12.1. The first-order valence-electron chi connectivity index (χ1n) is 7.26. The van der Waals surface area contributed by atoms with Crippen LogP contribution >= 0.6 is 0 Å². The van der Waals surface area contributed by atoms with E-state index < -0.39 is 30.2 Å². The highest BCUT2D eigenvalue weighted by Crippen LogP contribution is 2.48. The average molecular weight is 302 g/mol. The minimum Gasteiger partial charge on any atom is -0.393 e. The van der Waals surface area contributed by atoms with Gasteiger partial charge in [-0.2, -0.15) is 13.2 Å². The fourth-order valence-electron chi connectivity index (χ4n) is 3.49. The van der Waals surface area contributed by atoms with Gasteiger partial charge >= 0.3 is 6.18 Å². The van der Waals surface area contributed by atoms with E-state index in [1.807, 2.05) is 31.2 Å². The lowest BCUT2D eigenvalue weighted by Crippen LogP contribution is -2.53. The van der Waals surface area contributed by atoms with E-state index in [0.29, 0.717) is 12.8 Å². The maximum absolute atomic E-state index is 13.1. The van der Waals surface area contributed by atoms with E-state index in [1.165, 1.54) is 0 Å². The molecular weight excluding hydrogens is 281 g/mol. The van der Waals surface area contributed by atoms with Crippen molar-refractivity contribution in [1.82, 2.24) is 0 Å². The molecule has 0 saturated heterocycles. The molecule has 2 unspecified atom stereocenters. The molecule has 118 valence electrons. The van der Waals surface area contributed by atoms with E-state index >= 15 is 0 Å². The third kappa shape index (κ3) is 2.81. The summed E-state index contributed by atoms with van der Waals surface area (Å²) in [5, 5.41) is 19.1. The summed E-state index contributed by atoms with van der Waals surface area (Å²) in [6.45, 7) is 0.538. The van der Waals surface area contributed by atoms with Gasteiger partial charge in [0.05, 0.1) is 6.61 Å². The Labute approximate surface area is 122 Å². The summed E-state index contributed by atoms with van der Waals surface area (Å²) in [6.07, 6.45) is -2.59. The first-order valence-corrected chi connectivity index (χ1v) is 7.26. The maximum atomic E-state index is 13.1. The summed E-state index contributed by atoms with van der Waals surface area (Å²) in [5.74, 6) is 0. The fraction of sp³-hybridized carbons (Fsp3) is 0.625. The largest absolute Gasteiger partial charge is 0.419 e. The molecule has 2 N–H and O–H groups in total. The van der Waals surface area contributed by atoms with Crippen molar-refractivity contribution >= 4 is 0 Å². The first kappa shape index (κ1) is 16.3. The highest BCUT2D eigenvalue weighted by molar-refractivity contribution is 5.37. The second-order valence-electron chi connectivity index (χ2n) is 6.01. The van der Waals surface area contributed by atoms with Crippen LogP contribution in [-0.2, 0) is 11.8 Å². The molecule has 0 saturated carbocycles. The number of aliphatic hydroxyl groups excluding tert-OH is 1. The van der Waals surface area contributed by atoms with Gasteiger partial charge in [-0.05, 0) is 48.6 Å². The van der Waals surface area contributed by atoms with E-state index in [0.717, 1.165) is 24.0 Å². The average Bonchev–Trinajstić information content (AvgIpc) is 2.46. The molecule has 0 bridgehead atoms. The van der Waals surface area contributed by atoms with Crippen molar-refractivity contribution in [2.24, 2.45) is 0 Å². The van der Waals surface area contributed by atoms with Crippen molar-refractivity contribution < 1.29 is 23.4 Å². The SMILES string of the molecule is CCC1(CC(O)(CO)C(F)(F)F)CCCc2ccccc21. The first-order chi connectivity index (χ1) is 9.78. The number of aryl methyl sites for hydroxylation is 1. The maximum Gasteiger partial charge on any atom is 0.419 e. The van der Waals surface area contributed by atoms with Crippen LogP contribution in [0.3, 0.4) is 0 Å². The molecule has 0 spiro atoms. The van der Waals surface area contributed by atoms with Gasteiger partial charge in [-0.15, -0.1) is 0 Å². The molecule has 0 aromatic heterocycles. The lowest BCUT2D eigenvalue weighted by atomic mass is 9.63. The van der Waals surface area contributed by atoms with Gasteiger partial charge in [0.2, 0.25) is 0 Å². The molecule has 1 aliphatic carbocycles. The van der Waals surface area contributed by atoms with Crippen molar-refractivity contribution in [3.8, 4) is 0 Å². The van der Waals surface area contributed by atoms with Crippen molar-refractivity contribution in [2.75, 3.05) is 6.61 Å². The number of alkyl halides is 3. The number of aliphatic hydroxyl groups is 2. The Balaban J connectivity index is 2.45. The van der Waals surface area contributed by atoms with E-state index in [2.05, 4.69) is 0 Å². The Morgan fingerprint density at radius 2 is 1.90 bits per heavy atom. The van der Waals surface area contributed by atoms with E-state index in [1.54, 1.807) is 0 Å². The molecular formula is C16H21F3O2. The molecule has 0 aliphatic heterocycles. The Kier molecular flexibility index (Phi) is 4.36. The van der Waals surface area contributed by atoms with Crippen LogP contribution in [0.2, 0.25) is 0 Å². The Morgan fingerprint density at radius 1 is 1.24 bits per heavy atom. The van der Waals surface area contributed by atoms with Crippen LogP contribution in [0, 0.1) is 0 Å². The van der Waals surface area contributed by atoms with Crippen LogP contribution < -0.4 is 0 Å². The lowest BCUT2D eigenvalue weighted by Gasteiger charge is -2.44. The van der Waals surface area contributed by atoms with Crippen molar-refractivity contribution in [3.05, 3.63) is 35.4 Å². The summed E-state index contributed by atoms with van der Waals surface area (Å²) >= 11 is 0. The molecule has 1 aromatic rings. The minimum absolute atomic E-state index is 0.493. The topological polar surface area (TPSA) is 40.5 Å². The highest BCUT2D eigenvalue weighted by atomic mass is 19.4. The molecule has 1 aliphatic rings. The lowest BCUT2D eigenvalue weighted by molar-refractivity contribution is -0.278. The number of hydrogen-bond donors (Lipinski definition) is 2. The van der Waals surface area contributed by atoms with Gasteiger partial charge in [-0.3, -0.25) is 0 Å². The van der Waals surface area contributed by atoms with Gasteiger partial charge < -0.3 is 10.2 Å². The van der Waals surface area contributed by atoms with Gasteiger partial charge in [-0.25, -0.2) is 0 Å². The Morgan fingerprint density at radius 3 is 2.48 bits per heavy atom. The third-order valence-corrected chi connectivity index (χ3v) is 4.79. The Hall–Kier alpha value is -1.07. The molecule has 0 heterocycles. The van der Waals surface area contributed by atoms with Gasteiger partial charge in [0.25, 0.3) is 0 Å². The van der Waals surface area contributed by atoms with E-state index in [9.17, 15) is 18.3 Å². The summed E-state index contributed by atoms with van der Waals surface area (Å²) in [5.41, 5.74) is -1.85. The number of halogens is 3. The molecule has 0 amide bonds. The number of benzene rings is 1. The Bertz CT molecular complexity index is 501. The molecule has 2 rings (SSSR count). The van der Waals surface area contributed by atoms with Crippen LogP contribution in [0.15, 0.2) is 24.3 Å². The van der Waals surface area contributed by atoms with E-state index in [4.69, 9.17) is 5.11 Å². The van der Waals surface area contributed by atoms with Crippen LogP contribution in [0.4, 0.5) is 13.2 Å². The standard InChI is InChI=1S/C16H21F3O2/c1-2-14(10-15(21,11-20)16(17,18)19)9-5-7-12-6-3-4-8-13(12)14/h3-4,6,8,20-21H,2,5,7,9-11H2,1H3. The quantitative estimate of drug-likeness (QED) is 0.895. The zero-order chi connectivity index (χ0) is 15.7. The van der Waals surface area contributed by atoms with Gasteiger partial charge in [0, 0.05) is 0 Å². The molecule has 0 radical (unpaired) electrons. The third-order valence-electron chi connectivity index (χ3n) is 4.79. The summed E-state index contributed by atoms with van der Waals surface area (Å²) < 4.78 is 39.4. The fourth-order valence-corrected chi connectivity index (χ4v) is 3.49. The molecule has 0 fully saturated rings. The number of fused-ring (bicyclic) bond motifs is 1. The van der Waals surface area contributed by atoms with Crippen molar-refractivity contribution in [3.63, 3.8) is 0 Å². The van der Waals surface area contributed by atoms with Gasteiger partial charge in [0.15, 0.2) is 5.60 Å².